The molecule has 0 saturated heterocycles. The average Bonchev–Trinajstić information content (AvgIpc) is 2.56. The number of hydrogen-bond donors (Lipinski definition) is 0. The molecule has 0 amide bonds. The van der Waals surface area contributed by atoms with Crippen LogP contribution in [0.5, 0.6) is 5.75 Å². The molecule has 0 spiro atoms. The molecule has 0 unspecified atom stereocenters. The van der Waals surface area contributed by atoms with Crippen molar-refractivity contribution in [1.82, 2.24) is 0 Å². The van der Waals surface area contributed by atoms with Crippen LogP contribution in [0.3, 0.4) is 0 Å². The number of benzene rings is 1. The maximum atomic E-state index is 11.6. The fraction of sp³-hybridized carbons (Fsp3) is 0.467. The largest absolute Gasteiger partial charge is 0.491 e. The van der Waals surface area contributed by atoms with Crippen molar-refractivity contribution in [3.63, 3.8) is 0 Å². The van der Waals surface area contributed by atoms with Gasteiger partial charge in [-0.3, -0.25) is 4.18 Å². The van der Waals surface area contributed by atoms with Crippen LogP contribution >= 0.6 is 0 Å². The molecular formula is C15H22O8S2. The molecule has 1 rings (SSSR count). The molecule has 0 heterocycles. The van der Waals surface area contributed by atoms with Crippen LogP contribution < -0.4 is 4.74 Å². The molecule has 0 aliphatic rings. The molecule has 142 valence electrons. The lowest BCUT2D eigenvalue weighted by Crippen LogP contribution is -2.14. The minimum atomic E-state index is -3.44. The van der Waals surface area contributed by atoms with E-state index in [1.54, 1.807) is 12.1 Å². The Morgan fingerprint density at radius 1 is 0.880 bits per heavy atom. The monoisotopic (exact) mass is 394 g/mol. The van der Waals surface area contributed by atoms with Gasteiger partial charge in [-0.1, -0.05) is 6.58 Å². The second-order valence-electron chi connectivity index (χ2n) is 4.78. The van der Waals surface area contributed by atoms with Gasteiger partial charge in [0.1, 0.15) is 12.4 Å². The van der Waals surface area contributed by atoms with Crippen LogP contribution in [0.15, 0.2) is 41.1 Å². The van der Waals surface area contributed by atoms with E-state index >= 15 is 0 Å². The maximum absolute atomic E-state index is 11.6. The Morgan fingerprint density at radius 2 is 1.40 bits per heavy atom. The first-order valence-corrected chi connectivity index (χ1v) is 10.7. The van der Waals surface area contributed by atoms with Crippen molar-refractivity contribution >= 4 is 20.0 Å². The van der Waals surface area contributed by atoms with Gasteiger partial charge in [0.2, 0.25) is 0 Å². The molecule has 0 radical (unpaired) electrons. The van der Waals surface area contributed by atoms with E-state index in [0.29, 0.717) is 32.2 Å². The van der Waals surface area contributed by atoms with E-state index in [9.17, 15) is 16.8 Å². The zero-order valence-corrected chi connectivity index (χ0v) is 15.6. The number of sulfone groups is 1. The van der Waals surface area contributed by atoms with Gasteiger partial charge in [-0.25, -0.2) is 8.42 Å². The van der Waals surface area contributed by atoms with E-state index in [2.05, 4.69) is 10.8 Å². The van der Waals surface area contributed by atoms with Crippen molar-refractivity contribution in [3.05, 3.63) is 36.3 Å². The van der Waals surface area contributed by atoms with Gasteiger partial charge >= 0.3 is 0 Å². The smallest absolute Gasteiger partial charge is 0.264 e. The van der Waals surface area contributed by atoms with E-state index in [1.807, 2.05) is 0 Å². The minimum Gasteiger partial charge on any atom is -0.491 e. The number of rotatable bonds is 13. The first kappa shape index (κ1) is 21.6. The van der Waals surface area contributed by atoms with Gasteiger partial charge in [-0.15, -0.1) is 0 Å². The second-order valence-corrected chi connectivity index (χ2v) is 8.32. The van der Waals surface area contributed by atoms with Crippen molar-refractivity contribution < 1.29 is 35.2 Å². The van der Waals surface area contributed by atoms with Crippen LogP contribution in [-0.2, 0) is 33.6 Å². The van der Waals surface area contributed by atoms with Gasteiger partial charge in [-0.2, -0.15) is 8.42 Å². The molecule has 0 atom stereocenters. The molecule has 0 aliphatic heterocycles. The van der Waals surface area contributed by atoms with Gasteiger partial charge < -0.3 is 14.2 Å². The van der Waals surface area contributed by atoms with E-state index < -0.39 is 20.0 Å². The van der Waals surface area contributed by atoms with Crippen molar-refractivity contribution in [3.8, 4) is 5.75 Å². The SMILES string of the molecule is C=CS(=O)(=O)c1ccc(OCCOCCOCCOS(C)(=O)=O)cc1. The van der Waals surface area contributed by atoms with Gasteiger partial charge in [0.05, 0.1) is 44.2 Å². The van der Waals surface area contributed by atoms with Crippen molar-refractivity contribution in [2.24, 2.45) is 0 Å². The Labute approximate surface area is 148 Å². The number of hydrogen-bond acceptors (Lipinski definition) is 8. The molecule has 0 N–H and O–H groups in total. The van der Waals surface area contributed by atoms with Gasteiger partial charge in [0, 0.05) is 5.41 Å². The predicted molar refractivity (Wildman–Crippen MR) is 91.8 cm³/mol. The van der Waals surface area contributed by atoms with Crippen molar-refractivity contribution in [2.45, 2.75) is 4.90 Å². The minimum absolute atomic E-state index is 0.0283. The van der Waals surface area contributed by atoms with E-state index in [4.69, 9.17) is 14.2 Å². The van der Waals surface area contributed by atoms with E-state index in [-0.39, 0.29) is 18.1 Å². The highest BCUT2D eigenvalue weighted by Crippen LogP contribution is 2.17. The molecule has 8 nitrogen and oxygen atoms in total. The van der Waals surface area contributed by atoms with Crippen LogP contribution in [-0.4, -0.2) is 62.7 Å². The first-order chi connectivity index (χ1) is 11.7. The summed E-state index contributed by atoms with van der Waals surface area (Å²) in [6.45, 7) is 4.66. The van der Waals surface area contributed by atoms with Crippen LogP contribution in [0.2, 0.25) is 0 Å². The van der Waals surface area contributed by atoms with Crippen LogP contribution in [0.4, 0.5) is 0 Å². The maximum Gasteiger partial charge on any atom is 0.264 e. The molecule has 1 aromatic rings. The molecule has 25 heavy (non-hydrogen) atoms. The summed E-state index contributed by atoms with van der Waals surface area (Å²) in [7, 11) is -6.87. The fourth-order valence-electron chi connectivity index (χ4n) is 1.61. The molecule has 0 saturated carbocycles. The molecular weight excluding hydrogens is 372 g/mol. The Bertz CT molecular complexity index is 723. The quantitative estimate of drug-likeness (QED) is 0.360. The van der Waals surface area contributed by atoms with Crippen molar-refractivity contribution in [2.75, 3.05) is 45.9 Å². The summed E-state index contributed by atoms with van der Waals surface area (Å²) in [5, 5.41) is 0.895. The summed E-state index contributed by atoms with van der Waals surface area (Å²) in [6, 6.07) is 6.00. The van der Waals surface area contributed by atoms with Crippen LogP contribution in [0.1, 0.15) is 0 Å². The highest BCUT2D eigenvalue weighted by atomic mass is 32.2. The average molecular weight is 394 g/mol. The molecule has 10 heteroatoms. The lowest BCUT2D eigenvalue weighted by molar-refractivity contribution is 0.0280. The van der Waals surface area contributed by atoms with Crippen molar-refractivity contribution in [1.29, 1.82) is 0 Å². The summed E-state index contributed by atoms with van der Waals surface area (Å²) in [4.78, 5) is 0.156. The second kappa shape index (κ2) is 10.5. The third-order valence-corrected chi connectivity index (χ3v) is 4.73. The zero-order chi connectivity index (χ0) is 18.8. The summed E-state index contributed by atoms with van der Waals surface area (Å²) in [5.41, 5.74) is 0. The molecule has 0 fully saturated rings. The normalized spacial score (nSPS) is 12.0. The predicted octanol–water partition coefficient (Wildman–Crippen LogP) is 0.992. The first-order valence-electron chi connectivity index (χ1n) is 7.35. The Kier molecular flexibility index (Phi) is 9.08. The van der Waals surface area contributed by atoms with Gasteiger partial charge in [0.25, 0.3) is 10.1 Å². The van der Waals surface area contributed by atoms with Crippen LogP contribution in [0, 0.1) is 0 Å². The molecule has 0 aromatic heterocycles. The van der Waals surface area contributed by atoms with E-state index in [1.165, 1.54) is 12.1 Å². The zero-order valence-electron chi connectivity index (χ0n) is 13.9. The molecule has 1 aromatic carbocycles. The third kappa shape index (κ3) is 9.56. The lowest BCUT2D eigenvalue weighted by atomic mass is 10.3. The van der Waals surface area contributed by atoms with E-state index in [0.717, 1.165) is 11.7 Å². The lowest BCUT2D eigenvalue weighted by Gasteiger charge is -2.08. The molecule has 0 bridgehead atoms. The summed E-state index contributed by atoms with van der Waals surface area (Å²) >= 11 is 0. The highest BCUT2D eigenvalue weighted by molar-refractivity contribution is 7.94. The highest BCUT2D eigenvalue weighted by Gasteiger charge is 2.08. The summed E-state index contributed by atoms with van der Waals surface area (Å²) in [6.07, 6.45) is 0.974. The standard InChI is InChI=1S/C15H22O8S2/c1-3-25(18,19)15-6-4-14(5-7-15)22-12-10-20-8-9-21-11-13-23-24(2,16)17/h3-7H,1,8-13H2,2H3. The Hall–Kier alpha value is -1.46. The third-order valence-electron chi connectivity index (χ3n) is 2.77. The summed E-state index contributed by atoms with van der Waals surface area (Å²) < 4.78 is 64.8. The Morgan fingerprint density at radius 3 is 1.92 bits per heavy atom. The van der Waals surface area contributed by atoms with Crippen LogP contribution in [0.25, 0.3) is 0 Å². The number of ether oxygens (including phenoxy) is 3. The topological polar surface area (TPSA) is 105 Å². The fourth-order valence-corrected chi connectivity index (χ4v) is 2.69. The van der Waals surface area contributed by atoms with Gasteiger partial charge in [0.15, 0.2) is 9.84 Å². The van der Waals surface area contributed by atoms with Gasteiger partial charge in [-0.05, 0) is 24.3 Å². The summed E-state index contributed by atoms with van der Waals surface area (Å²) in [5.74, 6) is 0.529. The Balaban J connectivity index is 2.09. The molecule has 0 aliphatic carbocycles.